The van der Waals surface area contributed by atoms with Gasteiger partial charge in [0.2, 0.25) is 0 Å². The Balaban J connectivity index is 1.85. The summed E-state index contributed by atoms with van der Waals surface area (Å²) in [7, 11) is 0. The number of rotatable bonds is 2. The van der Waals surface area contributed by atoms with Crippen LogP contribution < -0.4 is 10.1 Å². The van der Waals surface area contributed by atoms with E-state index < -0.39 is 6.10 Å². The summed E-state index contributed by atoms with van der Waals surface area (Å²) in [5, 5.41) is 13.2. The van der Waals surface area contributed by atoms with Crippen molar-refractivity contribution in [3.8, 4) is 5.75 Å². The smallest absolute Gasteiger partial charge is 0.255 e. The summed E-state index contributed by atoms with van der Waals surface area (Å²) >= 11 is 0. The number of hydrogen-bond donors (Lipinski definition) is 2. The standard InChI is InChI=1S/C15H19NO4/c17-14(13-3-1-2-7-19-13)10-4-5-12-11(9-10)15(18)16-6-8-20-12/h4-5,9,13-14,17H,1-3,6-8H2,(H,16,18). The summed E-state index contributed by atoms with van der Waals surface area (Å²) < 4.78 is 11.1. The van der Waals surface area contributed by atoms with E-state index in [1.165, 1.54) is 0 Å². The third-order valence-electron chi connectivity index (χ3n) is 3.80. The number of aliphatic hydroxyl groups excluding tert-OH is 1. The number of hydrogen-bond acceptors (Lipinski definition) is 4. The normalized spacial score (nSPS) is 24.1. The highest BCUT2D eigenvalue weighted by Gasteiger charge is 2.26. The number of ether oxygens (including phenoxy) is 2. The van der Waals surface area contributed by atoms with Gasteiger partial charge in [-0.15, -0.1) is 0 Å². The Kier molecular flexibility index (Phi) is 3.89. The minimum absolute atomic E-state index is 0.156. The Labute approximate surface area is 117 Å². The van der Waals surface area contributed by atoms with E-state index in [1.807, 2.05) is 0 Å². The van der Waals surface area contributed by atoms with Gasteiger partial charge >= 0.3 is 0 Å². The van der Waals surface area contributed by atoms with Crippen LogP contribution in [0.15, 0.2) is 18.2 Å². The van der Waals surface area contributed by atoms with Crippen molar-refractivity contribution in [1.29, 1.82) is 0 Å². The zero-order chi connectivity index (χ0) is 13.9. The molecule has 1 aromatic carbocycles. The lowest BCUT2D eigenvalue weighted by molar-refractivity contribution is -0.0633. The Morgan fingerprint density at radius 1 is 1.30 bits per heavy atom. The average Bonchev–Trinajstić information content (AvgIpc) is 2.69. The number of fused-ring (bicyclic) bond motifs is 1. The summed E-state index contributed by atoms with van der Waals surface area (Å²) in [6.45, 7) is 1.65. The summed E-state index contributed by atoms with van der Waals surface area (Å²) in [5.41, 5.74) is 1.19. The molecule has 1 saturated heterocycles. The van der Waals surface area contributed by atoms with Gasteiger partial charge in [0.05, 0.1) is 18.2 Å². The second-order valence-electron chi connectivity index (χ2n) is 5.21. The Bertz CT molecular complexity index is 497. The van der Waals surface area contributed by atoms with Gasteiger partial charge in [-0.2, -0.15) is 0 Å². The summed E-state index contributed by atoms with van der Waals surface area (Å²) in [6, 6.07) is 5.26. The molecule has 2 unspecified atom stereocenters. The maximum atomic E-state index is 12.0. The van der Waals surface area contributed by atoms with Gasteiger partial charge in [0.1, 0.15) is 18.5 Å². The first-order chi connectivity index (χ1) is 9.75. The Morgan fingerprint density at radius 3 is 3.00 bits per heavy atom. The molecule has 2 atom stereocenters. The van der Waals surface area contributed by atoms with Gasteiger partial charge in [-0.1, -0.05) is 6.07 Å². The van der Waals surface area contributed by atoms with Crippen LogP contribution in [0.5, 0.6) is 5.75 Å². The fraction of sp³-hybridized carbons (Fsp3) is 0.533. The van der Waals surface area contributed by atoms with Crippen molar-refractivity contribution < 1.29 is 19.4 Å². The van der Waals surface area contributed by atoms with Gasteiger partial charge in [0.15, 0.2) is 0 Å². The van der Waals surface area contributed by atoms with Crippen molar-refractivity contribution in [2.75, 3.05) is 19.8 Å². The second kappa shape index (κ2) is 5.81. The fourth-order valence-corrected chi connectivity index (χ4v) is 2.68. The molecule has 1 aromatic rings. The van der Waals surface area contributed by atoms with Crippen LogP contribution in [0.4, 0.5) is 0 Å². The van der Waals surface area contributed by atoms with E-state index >= 15 is 0 Å². The van der Waals surface area contributed by atoms with Crippen LogP contribution >= 0.6 is 0 Å². The van der Waals surface area contributed by atoms with Crippen molar-refractivity contribution in [1.82, 2.24) is 5.32 Å². The van der Waals surface area contributed by atoms with Crippen LogP contribution in [0.2, 0.25) is 0 Å². The summed E-state index contributed by atoms with van der Waals surface area (Å²) in [5.74, 6) is 0.414. The first-order valence-electron chi connectivity index (χ1n) is 7.10. The monoisotopic (exact) mass is 277 g/mol. The molecule has 0 aromatic heterocycles. The number of aliphatic hydroxyl groups is 1. The molecular formula is C15H19NO4. The second-order valence-corrected chi connectivity index (χ2v) is 5.21. The molecular weight excluding hydrogens is 258 g/mol. The van der Waals surface area contributed by atoms with E-state index in [0.29, 0.717) is 36.6 Å². The largest absolute Gasteiger partial charge is 0.491 e. The predicted molar refractivity (Wildman–Crippen MR) is 72.8 cm³/mol. The van der Waals surface area contributed by atoms with Crippen LogP contribution in [0.25, 0.3) is 0 Å². The first kappa shape index (κ1) is 13.4. The fourth-order valence-electron chi connectivity index (χ4n) is 2.68. The first-order valence-corrected chi connectivity index (χ1v) is 7.10. The van der Waals surface area contributed by atoms with Gasteiger partial charge < -0.3 is 19.9 Å². The number of benzene rings is 1. The zero-order valence-electron chi connectivity index (χ0n) is 11.3. The molecule has 2 heterocycles. The van der Waals surface area contributed by atoms with Crippen molar-refractivity contribution >= 4 is 5.91 Å². The van der Waals surface area contributed by atoms with Crippen molar-refractivity contribution in [2.24, 2.45) is 0 Å². The predicted octanol–water partition coefficient (Wildman–Crippen LogP) is 1.41. The van der Waals surface area contributed by atoms with E-state index in [2.05, 4.69) is 5.32 Å². The maximum Gasteiger partial charge on any atom is 0.255 e. The molecule has 2 N–H and O–H groups in total. The van der Waals surface area contributed by atoms with Crippen LogP contribution in [-0.2, 0) is 4.74 Å². The molecule has 0 spiro atoms. The minimum atomic E-state index is -0.698. The summed E-state index contributed by atoms with van der Waals surface area (Å²) in [6.07, 6.45) is 2.08. The van der Waals surface area contributed by atoms with Crippen molar-refractivity contribution in [2.45, 2.75) is 31.5 Å². The zero-order valence-corrected chi connectivity index (χ0v) is 11.3. The van der Waals surface area contributed by atoms with E-state index in [9.17, 15) is 9.90 Å². The number of nitrogens with one attached hydrogen (secondary N) is 1. The molecule has 20 heavy (non-hydrogen) atoms. The molecule has 0 saturated carbocycles. The van der Waals surface area contributed by atoms with Crippen molar-refractivity contribution in [3.63, 3.8) is 0 Å². The molecule has 5 nitrogen and oxygen atoms in total. The molecule has 0 radical (unpaired) electrons. The summed E-state index contributed by atoms with van der Waals surface area (Å²) in [4.78, 5) is 12.0. The SMILES string of the molecule is O=C1NCCOc2ccc(C(O)C3CCCCO3)cc21. The lowest BCUT2D eigenvalue weighted by Crippen LogP contribution is -2.27. The average molecular weight is 277 g/mol. The van der Waals surface area contributed by atoms with Crippen molar-refractivity contribution in [3.05, 3.63) is 29.3 Å². The lowest BCUT2D eigenvalue weighted by Gasteiger charge is -2.27. The molecule has 3 rings (SSSR count). The Morgan fingerprint density at radius 2 is 2.20 bits per heavy atom. The van der Waals surface area contributed by atoms with E-state index in [0.717, 1.165) is 19.3 Å². The van der Waals surface area contributed by atoms with Crippen LogP contribution in [0.3, 0.4) is 0 Å². The molecule has 108 valence electrons. The quantitative estimate of drug-likeness (QED) is 0.857. The highest BCUT2D eigenvalue weighted by molar-refractivity contribution is 5.97. The van der Waals surface area contributed by atoms with Gasteiger partial charge in [0.25, 0.3) is 5.91 Å². The van der Waals surface area contributed by atoms with Crippen LogP contribution in [0, 0.1) is 0 Å². The van der Waals surface area contributed by atoms with Gasteiger partial charge in [-0.3, -0.25) is 4.79 Å². The molecule has 1 fully saturated rings. The molecule has 2 aliphatic heterocycles. The molecule has 0 bridgehead atoms. The molecule has 5 heteroatoms. The molecule has 0 aliphatic carbocycles. The van der Waals surface area contributed by atoms with E-state index in [4.69, 9.17) is 9.47 Å². The van der Waals surface area contributed by atoms with Gasteiger partial charge in [-0.05, 0) is 37.0 Å². The minimum Gasteiger partial charge on any atom is -0.491 e. The third-order valence-corrected chi connectivity index (χ3v) is 3.80. The molecule has 1 amide bonds. The number of carbonyl (C=O) groups is 1. The maximum absolute atomic E-state index is 12.0. The number of amides is 1. The highest BCUT2D eigenvalue weighted by Crippen LogP contribution is 2.30. The van der Waals surface area contributed by atoms with Gasteiger partial charge in [-0.25, -0.2) is 0 Å². The van der Waals surface area contributed by atoms with Crippen LogP contribution in [-0.4, -0.2) is 36.9 Å². The third kappa shape index (κ3) is 2.64. The molecule has 2 aliphatic rings. The Hall–Kier alpha value is -1.59. The highest BCUT2D eigenvalue weighted by atomic mass is 16.5. The number of carbonyl (C=O) groups excluding carboxylic acids is 1. The van der Waals surface area contributed by atoms with E-state index in [1.54, 1.807) is 18.2 Å². The van der Waals surface area contributed by atoms with E-state index in [-0.39, 0.29) is 12.0 Å². The van der Waals surface area contributed by atoms with Crippen LogP contribution in [0.1, 0.15) is 41.3 Å². The topological polar surface area (TPSA) is 67.8 Å². The lowest BCUT2D eigenvalue weighted by atomic mass is 9.96. The van der Waals surface area contributed by atoms with Gasteiger partial charge in [0, 0.05) is 6.61 Å².